The van der Waals surface area contributed by atoms with E-state index in [9.17, 15) is 0 Å². The summed E-state index contributed by atoms with van der Waals surface area (Å²) in [6.45, 7) is 4.82. The molecule has 4 unspecified atom stereocenters. The Labute approximate surface area is 103 Å². The van der Waals surface area contributed by atoms with Crippen molar-refractivity contribution in [2.24, 2.45) is 17.8 Å². The van der Waals surface area contributed by atoms with E-state index in [0.29, 0.717) is 6.04 Å². The average Bonchev–Trinajstić information content (AvgIpc) is 2.78. The fourth-order valence-corrected chi connectivity index (χ4v) is 3.90. The third-order valence-electron chi connectivity index (χ3n) is 4.27. The molecule has 90 valence electrons. The van der Waals surface area contributed by atoms with Crippen LogP contribution in [0.15, 0.2) is 17.5 Å². The third-order valence-corrected chi connectivity index (χ3v) is 5.23. The molecule has 4 atom stereocenters. The summed E-state index contributed by atoms with van der Waals surface area (Å²) in [4.78, 5) is 1.51. The lowest BCUT2D eigenvalue weighted by Gasteiger charge is -2.36. The van der Waals surface area contributed by atoms with Crippen molar-refractivity contribution in [2.75, 3.05) is 7.05 Å². The van der Waals surface area contributed by atoms with Gasteiger partial charge in [0.1, 0.15) is 0 Å². The molecule has 1 fully saturated rings. The maximum atomic E-state index is 3.52. The predicted molar refractivity (Wildman–Crippen MR) is 71.8 cm³/mol. The Morgan fingerprint density at radius 1 is 1.31 bits per heavy atom. The molecule has 16 heavy (non-hydrogen) atoms. The summed E-state index contributed by atoms with van der Waals surface area (Å²) in [5.74, 6) is 2.63. The van der Waals surface area contributed by atoms with E-state index >= 15 is 0 Å². The Bertz CT molecular complexity index is 307. The SMILES string of the molecule is CNC(c1cccs1)C1CCC(C)C(C)C1. The summed E-state index contributed by atoms with van der Waals surface area (Å²) in [7, 11) is 2.10. The van der Waals surface area contributed by atoms with Crippen molar-refractivity contribution in [3.8, 4) is 0 Å². The zero-order valence-electron chi connectivity index (χ0n) is 10.6. The van der Waals surface area contributed by atoms with Gasteiger partial charge in [-0.25, -0.2) is 0 Å². The van der Waals surface area contributed by atoms with Crippen LogP contribution in [0.3, 0.4) is 0 Å². The van der Waals surface area contributed by atoms with Crippen molar-refractivity contribution < 1.29 is 0 Å². The monoisotopic (exact) mass is 237 g/mol. The van der Waals surface area contributed by atoms with Crippen molar-refractivity contribution in [3.05, 3.63) is 22.4 Å². The molecule has 1 nitrogen and oxygen atoms in total. The number of hydrogen-bond donors (Lipinski definition) is 1. The lowest BCUT2D eigenvalue weighted by molar-refractivity contribution is 0.176. The molecule has 1 N–H and O–H groups in total. The van der Waals surface area contributed by atoms with E-state index in [1.807, 2.05) is 11.3 Å². The van der Waals surface area contributed by atoms with Gasteiger partial charge in [-0.05, 0) is 49.1 Å². The van der Waals surface area contributed by atoms with Gasteiger partial charge in [0, 0.05) is 10.9 Å². The normalized spacial score (nSPS) is 32.6. The first kappa shape index (κ1) is 12.1. The van der Waals surface area contributed by atoms with Crippen LogP contribution in [-0.2, 0) is 0 Å². The van der Waals surface area contributed by atoms with Crippen LogP contribution in [-0.4, -0.2) is 7.05 Å². The molecule has 0 aromatic carbocycles. The largest absolute Gasteiger partial charge is 0.312 e. The fraction of sp³-hybridized carbons (Fsp3) is 0.714. The molecule has 1 heterocycles. The topological polar surface area (TPSA) is 12.0 Å². The minimum Gasteiger partial charge on any atom is -0.312 e. The smallest absolute Gasteiger partial charge is 0.0441 e. The summed E-state index contributed by atoms with van der Waals surface area (Å²) in [5, 5.41) is 5.71. The Kier molecular flexibility index (Phi) is 4.04. The number of thiophene rings is 1. The van der Waals surface area contributed by atoms with Crippen LogP contribution in [0.4, 0.5) is 0 Å². The van der Waals surface area contributed by atoms with Gasteiger partial charge in [-0.1, -0.05) is 26.3 Å². The van der Waals surface area contributed by atoms with Gasteiger partial charge in [0.2, 0.25) is 0 Å². The van der Waals surface area contributed by atoms with Crippen LogP contribution < -0.4 is 5.32 Å². The van der Waals surface area contributed by atoms with E-state index in [1.165, 1.54) is 24.1 Å². The summed E-state index contributed by atoms with van der Waals surface area (Å²) < 4.78 is 0. The lowest BCUT2D eigenvalue weighted by atomic mass is 9.73. The third kappa shape index (κ3) is 2.49. The molecule has 0 amide bonds. The van der Waals surface area contributed by atoms with Crippen LogP contribution in [0, 0.1) is 17.8 Å². The quantitative estimate of drug-likeness (QED) is 0.835. The molecule has 1 aliphatic carbocycles. The van der Waals surface area contributed by atoms with Crippen LogP contribution in [0.2, 0.25) is 0 Å². The molecule has 0 aliphatic heterocycles. The second-order valence-electron chi connectivity index (χ2n) is 5.31. The number of rotatable bonds is 3. The van der Waals surface area contributed by atoms with Gasteiger partial charge in [0.25, 0.3) is 0 Å². The number of nitrogens with one attached hydrogen (secondary N) is 1. The molecule has 1 aliphatic rings. The number of hydrogen-bond acceptors (Lipinski definition) is 2. The van der Waals surface area contributed by atoms with E-state index < -0.39 is 0 Å². The molecule has 0 spiro atoms. The summed E-state index contributed by atoms with van der Waals surface area (Å²) in [6.07, 6.45) is 4.16. The van der Waals surface area contributed by atoms with E-state index in [4.69, 9.17) is 0 Å². The van der Waals surface area contributed by atoms with Gasteiger partial charge in [0.15, 0.2) is 0 Å². The van der Waals surface area contributed by atoms with Gasteiger partial charge in [0.05, 0.1) is 0 Å². The van der Waals surface area contributed by atoms with Crippen LogP contribution >= 0.6 is 11.3 Å². The zero-order valence-corrected chi connectivity index (χ0v) is 11.4. The standard InChI is InChI=1S/C14H23NS/c1-10-6-7-12(9-11(10)2)14(15-3)13-5-4-8-16-13/h4-5,8,10-12,14-15H,6-7,9H2,1-3H3. The van der Waals surface area contributed by atoms with Gasteiger partial charge in [-0.3, -0.25) is 0 Å². The molecule has 0 radical (unpaired) electrons. The maximum Gasteiger partial charge on any atom is 0.0441 e. The van der Waals surface area contributed by atoms with Crippen molar-refractivity contribution in [1.82, 2.24) is 5.32 Å². The van der Waals surface area contributed by atoms with E-state index in [0.717, 1.165) is 17.8 Å². The van der Waals surface area contributed by atoms with Crippen LogP contribution in [0.25, 0.3) is 0 Å². The molecule has 0 saturated heterocycles. The van der Waals surface area contributed by atoms with Gasteiger partial charge < -0.3 is 5.32 Å². The zero-order chi connectivity index (χ0) is 11.5. The molecule has 2 rings (SSSR count). The average molecular weight is 237 g/mol. The molecule has 1 saturated carbocycles. The predicted octanol–water partition coefficient (Wildman–Crippen LogP) is 4.08. The first-order chi connectivity index (χ1) is 7.72. The highest BCUT2D eigenvalue weighted by Gasteiger charge is 2.30. The molecular formula is C14H23NS. The summed E-state index contributed by atoms with van der Waals surface area (Å²) >= 11 is 1.89. The Morgan fingerprint density at radius 2 is 2.12 bits per heavy atom. The summed E-state index contributed by atoms with van der Waals surface area (Å²) in [6, 6.07) is 5.02. The van der Waals surface area contributed by atoms with Crippen molar-refractivity contribution in [3.63, 3.8) is 0 Å². The first-order valence-corrected chi connectivity index (χ1v) is 7.31. The molecule has 1 aromatic heterocycles. The van der Waals surface area contributed by atoms with Crippen LogP contribution in [0.1, 0.15) is 44.0 Å². The highest BCUT2D eigenvalue weighted by molar-refractivity contribution is 7.10. The van der Waals surface area contributed by atoms with Crippen molar-refractivity contribution in [1.29, 1.82) is 0 Å². The molecule has 2 heteroatoms. The second kappa shape index (κ2) is 5.33. The Morgan fingerprint density at radius 3 is 2.69 bits per heavy atom. The second-order valence-corrected chi connectivity index (χ2v) is 6.29. The van der Waals surface area contributed by atoms with E-state index in [1.54, 1.807) is 0 Å². The van der Waals surface area contributed by atoms with E-state index in [-0.39, 0.29) is 0 Å². The minimum atomic E-state index is 0.579. The fourth-order valence-electron chi connectivity index (χ4n) is 2.97. The minimum absolute atomic E-state index is 0.579. The Balaban J connectivity index is 2.05. The van der Waals surface area contributed by atoms with Gasteiger partial charge >= 0.3 is 0 Å². The van der Waals surface area contributed by atoms with E-state index in [2.05, 4.69) is 43.7 Å². The molecule has 1 aromatic rings. The van der Waals surface area contributed by atoms with Gasteiger partial charge in [-0.2, -0.15) is 0 Å². The van der Waals surface area contributed by atoms with Crippen LogP contribution in [0.5, 0.6) is 0 Å². The first-order valence-electron chi connectivity index (χ1n) is 6.43. The highest BCUT2D eigenvalue weighted by atomic mass is 32.1. The van der Waals surface area contributed by atoms with Gasteiger partial charge in [-0.15, -0.1) is 11.3 Å². The highest BCUT2D eigenvalue weighted by Crippen LogP contribution is 2.40. The lowest BCUT2D eigenvalue weighted by Crippen LogP contribution is -2.30. The molecule has 0 bridgehead atoms. The summed E-state index contributed by atoms with van der Waals surface area (Å²) in [5.41, 5.74) is 0. The van der Waals surface area contributed by atoms with Crippen molar-refractivity contribution >= 4 is 11.3 Å². The Hall–Kier alpha value is -0.340. The van der Waals surface area contributed by atoms with Crippen molar-refractivity contribution in [2.45, 2.75) is 39.2 Å². The molecular weight excluding hydrogens is 214 g/mol. The maximum absolute atomic E-state index is 3.52.